The molecule has 1 aromatic carbocycles. The lowest BCUT2D eigenvalue weighted by Crippen LogP contribution is -2.35. The first kappa shape index (κ1) is 18.9. The van der Waals surface area contributed by atoms with Gasteiger partial charge in [-0.2, -0.15) is 0 Å². The average Bonchev–Trinajstić information content (AvgIpc) is 3.01. The van der Waals surface area contributed by atoms with Gasteiger partial charge in [-0.15, -0.1) is 11.8 Å². The van der Waals surface area contributed by atoms with Gasteiger partial charge in [0.25, 0.3) is 5.91 Å². The minimum absolute atomic E-state index is 0.0663. The van der Waals surface area contributed by atoms with Crippen LogP contribution in [-0.2, 0) is 23.9 Å². The smallest absolute Gasteiger partial charge is 0.316 e. The summed E-state index contributed by atoms with van der Waals surface area (Å²) in [5, 5.41) is 2.39. The third-order valence-electron chi connectivity index (χ3n) is 3.33. The highest BCUT2D eigenvalue weighted by Crippen LogP contribution is 2.13. The largest absolute Gasteiger partial charge is 0.455 e. The van der Waals surface area contributed by atoms with Crippen LogP contribution in [0.15, 0.2) is 24.3 Å². The van der Waals surface area contributed by atoms with Crippen molar-refractivity contribution in [2.24, 2.45) is 0 Å². The number of likely N-dealkylation sites (tertiary alicyclic amines) is 1. The molecule has 1 aliphatic heterocycles. The summed E-state index contributed by atoms with van der Waals surface area (Å²) < 4.78 is 18.2. The van der Waals surface area contributed by atoms with E-state index < -0.39 is 30.2 Å². The molecule has 134 valence electrons. The number of halogens is 1. The Balaban J connectivity index is 1.63. The van der Waals surface area contributed by atoms with Crippen LogP contribution in [0, 0.1) is 5.82 Å². The van der Waals surface area contributed by atoms with Gasteiger partial charge in [-0.1, -0.05) is 12.1 Å². The van der Waals surface area contributed by atoms with E-state index in [4.69, 9.17) is 4.74 Å². The molecule has 1 aromatic rings. The van der Waals surface area contributed by atoms with E-state index in [-0.39, 0.29) is 23.1 Å². The van der Waals surface area contributed by atoms with Crippen LogP contribution in [-0.4, -0.2) is 53.2 Å². The summed E-state index contributed by atoms with van der Waals surface area (Å²) in [4.78, 5) is 47.4. The van der Waals surface area contributed by atoms with Crippen LogP contribution >= 0.6 is 11.8 Å². The first-order chi connectivity index (χ1) is 12.0. The van der Waals surface area contributed by atoms with Gasteiger partial charge in [0, 0.05) is 13.0 Å². The minimum atomic E-state index is -0.663. The van der Waals surface area contributed by atoms with Gasteiger partial charge < -0.3 is 10.1 Å². The number of nitrogens with one attached hydrogen (secondary N) is 1. The first-order valence-electron chi connectivity index (χ1n) is 7.58. The average molecular weight is 368 g/mol. The number of esters is 1. The molecule has 7 nitrogen and oxygen atoms in total. The minimum Gasteiger partial charge on any atom is -0.455 e. The quantitative estimate of drug-likeness (QED) is 0.727. The maximum absolute atomic E-state index is 13.4. The van der Waals surface area contributed by atoms with Gasteiger partial charge in [0.05, 0.1) is 17.2 Å². The molecular formula is C16H17FN2O5S. The van der Waals surface area contributed by atoms with Crippen LogP contribution in [0.3, 0.4) is 0 Å². The van der Waals surface area contributed by atoms with Crippen LogP contribution in [0.1, 0.15) is 12.8 Å². The van der Waals surface area contributed by atoms with Crippen molar-refractivity contribution in [3.05, 3.63) is 30.1 Å². The Morgan fingerprint density at radius 2 is 2.00 bits per heavy atom. The number of para-hydroxylation sites is 1. The van der Waals surface area contributed by atoms with Crippen LogP contribution in [0.2, 0.25) is 0 Å². The number of ether oxygens (including phenoxy) is 1. The van der Waals surface area contributed by atoms with Crippen molar-refractivity contribution in [3.63, 3.8) is 0 Å². The zero-order valence-electron chi connectivity index (χ0n) is 13.3. The van der Waals surface area contributed by atoms with E-state index in [1.807, 2.05) is 0 Å². The van der Waals surface area contributed by atoms with Gasteiger partial charge in [0.2, 0.25) is 11.8 Å². The molecule has 3 amide bonds. The fraction of sp³-hybridized carbons (Fsp3) is 0.375. The SMILES string of the molecule is O=C(CSCC(=O)OCC(=O)N1CCCC1=O)Nc1ccccc1F. The maximum Gasteiger partial charge on any atom is 0.316 e. The molecule has 0 saturated carbocycles. The summed E-state index contributed by atoms with van der Waals surface area (Å²) in [5.74, 6) is -2.67. The highest BCUT2D eigenvalue weighted by Gasteiger charge is 2.26. The fourth-order valence-electron chi connectivity index (χ4n) is 2.15. The molecule has 0 aliphatic carbocycles. The molecule has 2 rings (SSSR count). The van der Waals surface area contributed by atoms with Gasteiger partial charge in [-0.05, 0) is 18.6 Å². The van der Waals surface area contributed by atoms with Crippen LogP contribution in [0.5, 0.6) is 0 Å². The van der Waals surface area contributed by atoms with E-state index in [0.717, 1.165) is 16.7 Å². The number of amides is 3. The number of nitrogens with zero attached hydrogens (tertiary/aromatic N) is 1. The molecule has 25 heavy (non-hydrogen) atoms. The van der Waals surface area contributed by atoms with Gasteiger partial charge in [0.15, 0.2) is 6.61 Å². The number of imide groups is 1. The van der Waals surface area contributed by atoms with Crippen LogP contribution < -0.4 is 5.32 Å². The predicted molar refractivity (Wildman–Crippen MR) is 89.3 cm³/mol. The van der Waals surface area contributed by atoms with Crippen molar-refractivity contribution < 1.29 is 28.3 Å². The number of hydrogen-bond donors (Lipinski definition) is 1. The van der Waals surface area contributed by atoms with Crippen molar-refractivity contribution in [3.8, 4) is 0 Å². The molecule has 1 heterocycles. The molecule has 1 aliphatic rings. The van der Waals surface area contributed by atoms with Crippen molar-refractivity contribution in [1.82, 2.24) is 4.90 Å². The Kier molecular flexibility index (Phi) is 6.93. The number of hydrogen-bond acceptors (Lipinski definition) is 6. The number of anilines is 1. The monoisotopic (exact) mass is 368 g/mol. The second-order valence-corrected chi connectivity index (χ2v) is 6.21. The summed E-state index contributed by atoms with van der Waals surface area (Å²) in [7, 11) is 0. The second-order valence-electron chi connectivity index (χ2n) is 5.22. The van der Waals surface area contributed by atoms with Crippen molar-refractivity contribution >= 4 is 41.1 Å². The lowest BCUT2D eigenvalue weighted by Gasteiger charge is -2.13. The molecule has 0 radical (unpaired) electrons. The van der Waals surface area contributed by atoms with Crippen molar-refractivity contribution in [2.45, 2.75) is 12.8 Å². The first-order valence-corrected chi connectivity index (χ1v) is 8.74. The van der Waals surface area contributed by atoms with Gasteiger partial charge in [-0.25, -0.2) is 4.39 Å². The summed E-state index contributed by atoms with van der Waals surface area (Å²) in [6, 6.07) is 5.75. The summed E-state index contributed by atoms with van der Waals surface area (Å²) in [6.07, 6.45) is 0.943. The van der Waals surface area contributed by atoms with Gasteiger partial charge in [-0.3, -0.25) is 24.1 Å². The van der Waals surface area contributed by atoms with Crippen molar-refractivity contribution in [2.75, 3.05) is 30.0 Å². The molecule has 0 bridgehead atoms. The zero-order valence-corrected chi connectivity index (χ0v) is 14.1. The number of benzene rings is 1. The van der Waals surface area contributed by atoms with E-state index >= 15 is 0 Å². The molecule has 0 aromatic heterocycles. The van der Waals surface area contributed by atoms with E-state index in [0.29, 0.717) is 19.4 Å². The van der Waals surface area contributed by atoms with Gasteiger partial charge >= 0.3 is 5.97 Å². The molecule has 0 unspecified atom stereocenters. The fourth-order valence-corrected chi connectivity index (χ4v) is 2.76. The molecule has 1 N–H and O–H groups in total. The predicted octanol–water partition coefficient (Wildman–Crippen LogP) is 1.19. The third kappa shape index (κ3) is 5.86. The Morgan fingerprint density at radius 3 is 2.68 bits per heavy atom. The number of thioether (sulfide) groups is 1. The molecule has 1 fully saturated rings. The number of carbonyl (C=O) groups excluding carboxylic acids is 4. The van der Waals surface area contributed by atoms with Gasteiger partial charge in [0.1, 0.15) is 5.82 Å². The second kappa shape index (κ2) is 9.16. The summed E-state index contributed by atoms with van der Waals surface area (Å²) >= 11 is 0.978. The van der Waals surface area contributed by atoms with Crippen LogP contribution in [0.25, 0.3) is 0 Å². The highest BCUT2D eigenvalue weighted by molar-refractivity contribution is 8.00. The normalized spacial score (nSPS) is 13.6. The molecule has 9 heteroatoms. The summed E-state index contributed by atoms with van der Waals surface area (Å²) in [5.41, 5.74) is 0.0663. The molecule has 0 spiro atoms. The van der Waals surface area contributed by atoms with E-state index in [1.54, 1.807) is 6.07 Å². The highest BCUT2D eigenvalue weighted by atomic mass is 32.2. The Morgan fingerprint density at radius 1 is 1.24 bits per heavy atom. The Labute approximate surface area is 147 Å². The molecular weight excluding hydrogens is 351 g/mol. The summed E-state index contributed by atoms with van der Waals surface area (Å²) in [6.45, 7) is -0.146. The molecule has 0 atom stereocenters. The van der Waals surface area contributed by atoms with E-state index in [9.17, 15) is 23.6 Å². The molecule has 1 saturated heterocycles. The van der Waals surface area contributed by atoms with Crippen LogP contribution in [0.4, 0.5) is 10.1 Å². The van der Waals surface area contributed by atoms with E-state index in [2.05, 4.69) is 5.32 Å². The lowest BCUT2D eigenvalue weighted by atomic mass is 10.3. The standard InChI is InChI=1S/C16H17FN2O5S/c17-11-4-1-2-5-12(11)18-13(20)9-25-10-16(23)24-8-15(22)19-7-3-6-14(19)21/h1-2,4-5H,3,6-10H2,(H,18,20). The van der Waals surface area contributed by atoms with Crippen molar-refractivity contribution in [1.29, 1.82) is 0 Å². The Bertz CT molecular complexity index is 682. The number of rotatable bonds is 7. The topological polar surface area (TPSA) is 92.8 Å². The van der Waals surface area contributed by atoms with E-state index in [1.165, 1.54) is 18.2 Å². The maximum atomic E-state index is 13.4. The number of carbonyl (C=O) groups is 4. The Hall–Kier alpha value is -2.42. The zero-order chi connectivity index (χ0) is 18.2. The lowest BCUT2D eigenvalue weighted by molar-refractivity contribution is -0.153. The third-order valence-corrected chi connectivity index (χ3v) is 4.24.